The van der Waals surface area contributed by atoms with Gasteiger partial charge in [0, 0.05) is 19.0 Å². The van der Waals surface area contributed by atoms with Crippen LogP contribution in [0.25, 0.3) is 6.08 Å². The van der Waals surface area contributed by atoms with Gasteiger partial charge in [-0.2, -0.15) is 0 Å². The average molecular weight is 302 g/mol. The molecule has 0 aliphatic carbocycles. The molecule has 1 unspecified atom stereocenters. The van der Waals surface area contributed by atoms with Crippen molar-refractivity contribution in [1.29, 1.82) is 0 Å². The summed E-state index contributed by atoms with van der Waals surface area (Å²) in [5.41, 5.74) is 1.53. The van der Waals surface area contributed by atoms with Crippen molar-refractivity contribution in [3.05, 3.63) is 41.6 Å². The van der Waals surface area contributed by atoms with Crippen molar-refractivity contribution in [3.63, 3.8) is 0 Å². The molecule has 1 aromatic rings. The number of carbonyl (C=O) groups excluding carboxylic acids is 2. The SMILES string of the molecule is CCOC(=O)c1ccc(C=CNC2CCCNC(=O)C2)cc1. The summed E-state index contributed by atoms with van der Waals surface area (Å²) in [5.74, 6) is -0.206. The fourth-order valence-corrected chi connectivity index (χ4v) is 2.34. The number of nitrogens with one attached hydrogen (secondary N) is 2. The Bertz CT molecular complexity index is 537. The van der Waals surface area contributed by atoms with Gasteiger partial charge in [0.1, 0.15) is 0 Å². The molecule has 5 heteroatoms. The number of carbonyl (C=O) groups is 2. The number of hydrogen-bond donors (Lipinski definition) is 2. The molecule has 1 heterocycles. The summed E-state index contributed by atoms with van der Waals surface area (Å²) in [7, 11) is 0. The van der Waals surface area contributed by atoms with Crippen LogP contribution in [0.3, 0.4) is 0 Å². The lowest BCUT2D eigenvalue weighted by Crippen LogP contribution is -2.29. The van der Waals surface area contributed by atoms with Gasteiger partial charge in [0.25, 0.3) is 0 Å². The van der Waals surface area contributed by atoms with Crippen LogP contribution in [0.1, 0.15) is 42.1 Å². The molecule has 0 saturated carbocycles. The first kappa shape index (κ1) is 16.1. The second-order valence-corrected chi connectivity index (χ2v) is 5.24. The molecule has 1 fully saturated rings. The first-order valence-corrected chi connectivity index (χ1v) is 7.65. The largest absolute Gasteiger partial charge is 0.462 e. The molecule has 118 valence electrons. The Balaban J connectivity index is 1.87. The molecule has 1 aliphatic rings. The second kappa shape index (κ2) is 8.22. The Morgan fingerprint density at radius 2 is 2.18 bits per heavy atom. The van der Waals surface area contributed by atoms with Crippen LogP contribution in [0.4, 0.5) is 0 Å². The maximum Gasteiger partial charge on any atom is 0.338 e. The average Bonchev–Trinajstić information content (AvgIpc) is 2.72. The zero-order valence-corrected chi connectivity index (χ0v) is 12.8. The van der Waals surface area contributed by atoms with Crippen molar-refractivity contribution in [2.75, 3.05) is 13.2 Å². The predicted octanol–water partition coefficient (Wildman–Crippen LogP) is 2.09. The van der Waals surface area contributed by atoms with E-state index < -0.39 is 0 Å². The molecule has 1 aliphatic heterocycles. The summed E-state index contributed by atoms with van der Waals surface area (Å²) < 4.78 is 4.94. The van der Waals surface area contributed by atoms with E-state index in [-0.39, 0.29) is 17.9 Å². The number of benzene rings is 1. The van der Waals surface area contributed by atoms with Crippen LogP contribution in [0, 0.1) is 0 Å². The van der Waals surface area contributed by atoms with Gasteiger partial charge in [-0.25, -0.2) is 4.79 Å². The predicted molar refractivity (Wildman–Crippen MR) is 85.2 cm³/mol. The minimum absolute atomic E-state index is 0.0992. The van der Waals surface area contributed by atoms with E-state index in [1.165, 1.54) is 0 Å². The molecule has 0 radical (unpaired) electrons. The van der Waals surface area contributed by atoms with Crippen molar-refractivity contribution in [2.45, 2.75) is 32.2 Å². The van der Waals surface area contributed by atoms with E-state index in [2.05, 4.69) is 10.6 Å². The summed E-state index contributed by atoms with van der Waals surface area (Å²) in [6.07, 6.45) is 6.27. The molecule has 0 bridgehead atoms. The van der Waals surface area contributed by atoms with Gasteiger partial charge in [-0.05, 0) is 49.7 Å². The lowest BCUT2D eigenvalue weighted by Gasteiger charge is -2.12. The van der Waals surface area contributed by atoms with E-state index in [0.717, 1.165) is 24.9 Å². The molecule has 0 spiro atoms. The van der Waals surface area contributed by atoms with Crippen LogP contribution >= 0.6 is 0 Å². The van der Waals surface area contributed by atoms with Gasteiger partial charge < -0.3 is 15.4 Å². The van der Waals surface area contributed by atoms with E-state index in [9.17, 15) is 9.59 Å². The Morgan fingerprint density at radius 1 is 1.41 bits per heavy atom. The molecule has 2 rings (SSSR count). The van der Waals surface area contributed by atoms with E-state index in [1.807, 2.05) is 24.4 Å². The molecule has 1 atom stereocenters. The summed E-state index contributed by atoms with van der Waals surface area (Å²) in [6, 6.07) is 7.40. The number of hydrogen-bond acceptors (Lipinski definition) is 4. The zero-order chi connectivity index (χ0) is 15.8. The normalized spacial score (nSPS) is 18.6. The fraction of sp³-hybridized carbons (Fsp3) is 0.412. The van der Waals surface area contributed by atoms with Gasteiger partial charge in [0.15, 0.2) is 0 Å². The number of amides is 1. The van der Waals surface area contributed by atoms with Crippen LogP contribution in [0.2, 0.25) is 0 Å². The molecular formula is C17H22N2O3. The lowest BCUT2D eigenvalue weighted by molar-refractivity contribution is -0.121. The number of rotatable bonds is 5. The Labute approximate surface area is 130 Å². The van der Waals surface area contributed by atoms with Crippen LogP contribution < -0.4 is 10.6 Å². The van der Waals surface area contributed by atoms with Crippen molar-refractivity contribution < 1.29 is 14.3 Å². The minimum atomic E-state index is -0.305. The smallest absolute Gasteiger partial charge is 0.338 e. The molecule has 1 saturated heterocycles. The van der Waals surface area contributed by atoms with Gasteiger partial charge in [-0.1, -0.05) is 12.1 Å². The highest BCUT2D eigenvalue weighted by molar-refractivity contribution is 5.89. The summed E-state index contributed by atoms with van der Waals surface area (Å²) in [4.78, 5) is 23.0. The van der Waals surface area contributed by atoms with Crippen LogP contribution in [0.15, 0.2) is 30.5 Å². The Morgan fingerprint density at radius 3 is 2.91 bits per heavy atom. The van der Waals surface area contributed by atoms with Gasteiger partial charge >= 0.3 is 5.97 Å². The van der Waals surface area contributed by atoms with Crippen LogP contribution in [-0.4, -0.2) is 31.1 Å². The second-order valence-electron chi connectivity index (χ2n) is 5.24. The summed E-state index contributed by atoms with van der Waals surface area (Å²) in [6.45, 7) is 2.92. The lowest BCUT2D eigenvalue weighted by atomic mass is 10.1. The van der Waals surface area contributed by atoms with E-state index in [4.69, 9.17) is 4.74 Å². The van der Waals surface area contributed by atoms with Gasteiger partial charge in [-0.15, -0.1) is 0 Å². The van der Waals surface area contributed by atoms with Crippen molar-refractivity contribution in [1.82, 2.24) is 10.6 Å². The first-order chi connectivity index (χ1) is 10.7. The Hall–Kier alpha value is -2.30. The molecule has 1 amide bonds. The molecule has 0 aromatic heterocycles. The van der Waals surface area contributed by atoms with E-state index in [1.54, 1.807) is 19.1 Å². The molecule has 5 nitrogen and oxygen atoms in total. The zero-order valence-electron chi connectivity index (χ0n) is 12.8. The first-order valence-electron chi connectivity index (χ1n) is 7.65. The number of esters is 1. The number of ether oxygens (including phenoxy) is 1. The highest BCUT2D eigenvalue weighted by Crippen LogP contribution is 2.09. The third-order valence-electron chi connectivity index (χ3n) is 3.51. The quantitative estimate of drug-likeness (QED) is 0.817. The van der Waals surface area contributed by atoms with E-state index >= 15 is 0 Å². The maximum atomic E-state index is 11.5. The molecular weight excluding hydrogens is 280 g/mol. The fourth-order valence-electron chi connectivity index (χ4n) is 2.34. The van der Waals surface area contributed by atoms with Gasteiger partial charge in [-0.3, -0.25) is 4.79 Å². The third kappa shape index (κ3) is 4.91. The minimum Gasteiger partial charge on any atom is -0.462 e. The monoisotopic (exact) mass is 302 g/mol. The van der Waals surface area contributed by atoms with Crippen molar-refractivity contribution in [2.24, 2.45) is 0 Å². The Kier molecular flexibility index (Phi) is 6.01. The van der Waals surface area contributed by atoms with Gasteiger partial charge in [0.2, 0.25) is 5.91 Å². The molecule has 1 aromatic carbocycles. The maximum absolute atomic E-state index is 11.5. The highest BCUT2D eigenvalue weighted by atomic mass is 16.5. The van der Waals surface area contributed by atoms with Crippen molar-refractivity contribution in [3.8, 4) is 0 Å². The topological polar surface area (TPSA) is 67.4 Å². The summed E-state index contributed by atoms with van der Waals surface area (Å²) in [5, 5.41) is 6.13. The van der Waals surface area contributed by atoms with Crippen LogP contribution in [-0.2, 0) is 9.53 Å². The van der Waals surface area contributed by atoms with Crippen molar-refractivity contribution >= 4 is 18.0 Å². The van der Waals surface area contributed by atoms with E-state index in [0.29, 0.717) is 18.6 Å². The van der Waals surface area contributed by atoms with Gasteiger partial charge in [0.05, 0.1) is 12.2 Å². The summed E-state index contributed by atoms with van der Waals surface area (Å²) >= 11 is 0. The van der Waals surface area contributed by atoms with Crippen LogP contribution in [0.5, 0.6) is 0 Å². The highest BCUT2D eigenvalue weighted by Gasteiger charge is 2.15. The third-order valence-corrected chi connectivity index (χ3v) is 3.51. The molecule has 2 N–H and O–H groups in total. The standard InChI is InChI=1S/C17H22N2O3/c1-2-22-17(21)14-7-5-13(6-8-14)9-11-18-15-4-3-10-19-16(20)12-15/h5-9,11,15,18H,2-4,10,12H2,1H3,(H,19,20). The molecule has 22 heavy (non-hydrogen) atoms.